The SMILES string of the molecule is CN1C(=O)[C@@]2(c3ccccc31)C(/C=C/c1ccccc1)C2C(=O)c1ccccc1. The summed E-state index contributed by atoms with van der Waals surface area (Å²) in [5.74, 6) is -0.500. The Morgan fingerprint density at radius 2 is 1.52 bits per heavy atom. The van der Waals surface area contributed by atoms with Crippen LogP contribution in [0.5, 0.6) is 0 Å². The normalized spacial score (nSPS) is 24.9. The fourth-order valence-electron chi connectivity index (χ4n) is 4.85. The van der Waals surface area contributed by atoms with Crippen molar-refractivity contribution in [3.05, 3.63) is 108 Å². The highest BCUT2D eigenvalue weighted by molar-refractivity contribution is 6.17. The minimum absolute atomic E-state index is 0.00990. The van der Waals surface area contributed by atoms with Crippen LogP contribution < -0.4 is 4.90 Å². The lowest BCUT2D eigenvalue weighted by molar-refractivity contribution is -0.120. The lowest BCUT2D eigenvalue weighted by Gasteiger charge is -2.11. The molecule has 3 aromatic carbocycles. The van der Waals surface area contributed by atoms with Crippen molar-refractivity contribution in [2.24, 2.45) is 11.8 Å². The Kier molecular flexibility index (Phi) is 3.99. The fourth-order valence-corrected chi connectivity index (χ4v) is 4.85. The van der Waals surface area contributed by atoms with Crippen molar-refractivity contribution in [3.8, 4) is 0 Å². The number of likely N-dealkylation sites (N-methyl/N-ethyl adjacent to an activating group) is 1. The Hall–Kier alpha value is -3.46. The van der Waals surface area contributed by atoms with Crippen LogP contribution in [0.3, 0.4) is 0 Å². The molecule has 1 heterocycles. The molecule has 5 rings (SSSR count). The Morgan fingerprint density at radius 3 is 2.24 bits per heavy atom. The number of fused-ring (bicyclic) bond motifs is 2. The van der Waals surface area contributed by atoms with Crippen molar-refractivity contribution in [2.45, 2.75) is 5.41 Å². The average molecular weight is 379 g/mol. The Balaban J connectivity index is 1.61. The molecule has 0 saturated heterocycles. The maximum absolute atomic E-state index is 13.5. The zero-order chi connectivity index (χ0) is 20.0. The predicted molar refractivity (Wildman–Crippen MR) is 115 cm³/mol. The van der Waals surface area contributed by atoms with E-state index in [1.807, 2.05) is 91.0 Å². The molecule has 2 aliphatic rings. The molecule has 1 aliphatic heterocycles. The van der Waals surface area contributed by atoms with Crippen LogP contribution in [-0.2, 0) is 10.2 Å². The summed E-state index contributed by atoms with van der Waals surface area (Å²) in [5.41, 5.74) is 2.78. The molecule has 3 nitrogen and oxygen atoms in total. The number of allylic oxidation sites excluding steroid dienone is 1. The molecule has 1 fully saturated rings. The molecule has 3 aromatic rings. The summed E-state index contributed by atoms with van der Waals surface area (Å²) < 4.78 is 0. The van der Waals surface area contributed by atoms with Gasteiger partial charge in [0.2, 0.25) is 5.91 Å². The molecular weight excluding hydrogens is 358 g/mol. The zero-order valence-electron chi connectivity index (χ0n) is 16.2. The molecule has 142 valence electrons. The maximum atomic E-state index is 13.5. The van der Waals surface area contributed by atoms with Crippen molar-refractivity contribution in [1.82, 2.24) is 0 Å². The number of benzene rings is 3. The third kappa shape index (κ3) is 2.51. The first kappa shape index (κ1) is 17.6. The van der Waals surface area contributed by atoms with Gasteiger partial charge < -0.3 is 4.90 Å². The molecule has 1 aliphatic carbocycles. The van der Waals surface area contributed by atoms with Gasteiger partial charge in [-0.3, -0.25) is 9.59 Å². The summed E-state index contributed by atoms with van der Waals surface area (Å²) in [6, 6.07) is 27.1. The van der Waals surface area contributed by atoms with Crippen LogP contribution in [0.2, 0.25) is 0 Å². The monoisotopic (exact) mass is 379 g/mol. The van der Waals surface area contributed by atoms with Gasteiger partial charge >= 0.3 is 0 Å². The molecule has 1 spiro atoms. The zero-order valence-corrected chi connectivity index (χ0v) is 16.2. The van der Waals surface area contributed by atoms with Gasteiger partial charge in [0.1, 0.15) is 0 Å². The van der Waals surface area contributed by atoms with Crippen LogP contribution in [-0.4, -0.2) is 18.7 Å². The topological polar surface area (TPSA) is 37.4 Å². The van der Waals surface area contributed by atoms with Crippen LogP contribution in [0.25, 0.3) is 6.08 Å². The van der Waals surface area contributed by atoms with Crippen molar-refractivity contribution in [3.63, 3.8) is 0 Å². The number of anilines is 1. The summed E-state index contributed by atoms with van der Waals surface area (Å²) in [4.78, 5) is 28.6. The first-order valence-corrected chi connectivity index (χ1v) is 9.86. The van der Waals surface area contributed by atoms with Crippen molar-refractivity contribution < 1.29 is 9.59 Å². The first-order valence-electron chi connectivity index (χ1n) is 9.86. The summed E-state index contributed by atoms with van der Waals surface area (Å²) in [6.07, 6.45) is 4.08. The van der Waals surface area contributed by atoms with Gasteiger partial charge in [0, 0.05) is 30.1 Å². The fraction of sp³-hybridized carbons (Fsp3) is 0.154. The van der Waals surface area contributed by atoms with Gasteiger partial charge in [-0.1, -0.05) is 91.0 Å². The molecule has 0 bridgehead atoms. The summed E-state index contributed by atoms with van der Waals surface area (Å²) in [6.45, 7) is 0. The number of hydrogen-bond acceptors (Lipinski definition) is 2. The van der Waals surface area contributed by atoms with Crippen LogP contribution >= 0.6 is 0 Å². The van der Waals surface area contributed by atoms with E-state index >= 15 is 0 Å². The number of rotatable bonds is 4. The van der Waals surface area contributed by atoms with Crippen LogP contribution in [0, 0.1) is 11.8 Å². The van der Waals surface area contributed by atoms with E-state index in [9.17, 15) is 9.59 Å². The van der Waals surface area contributed by atoms with E-state index in [0.29, 0.717) is 5.56 Å². The molecule has 3 atom stereocenters. The second-order valence-electron chi connectivity index (χ2n) is 7.75. The summed E-state index contributed by atoms with van der Waals surface area (Å²) in [7, 11) is 1.80. The molecule has 0 radical (unpaired) electrons. The summed E-state index contributed by atoms with van der Waals surface area (Å²) >= 11 is 0. The molecule has 1 saturated carbocycles. The maximum Gasteiger partial charge on any atom is 0.238 e. The number of Topliss-reactive ketones (excluding diaryl/α,β-unsaturated/α-hetero) is 1. The highest BCUT2D eigenvalue weighted by Gasteiger charge is 2.75. The second kappa shape index (κ2) is 6.56. The van der Waals surface area contributed by atoms with Crippen LogP contribution in [0.4, 0.5) is 5.69 Å². The minimum atomic E-state index is -0.802. The van der Waals surface area contributed by atoms with Gasteiger partial charge in [0.25, 0.3) is 0 Å². The number of ketones is 1. The van der Waals surface area contributed by atoms with E-state index in [4.69, 9.17) is 0 Å². The van der Waals surface area contributed by atoms with Crippen molar-refractivity contribution >= 4 is 23.5 Å². The van der Waals surface area contributed by atoms with Gasteiger partial charge in [-0.05, 0) is 17.2 Å². The lowest BCUT2D eigenvalue weighted by atomic mass is 9.91. The third-order valence-corrected chi connectivity index (χ3v) is 6.27. The number of amides is 1. The van der Waals surface area contributed by atoms with E-state index in [1.165, 1.54) is 0 Å². The van der Waals surface area contributed by atoms with Crippen LogP contribution in [0.1, 0.15) is 21.5 Å². The molecule has 0 aromatic heterocycles. The van der Waals surface area contributed by atoms with Gasteiger partial charge in [0.15, 0.2) is 5.78 Å². The Morgan fingerprint density at radius 1 is 0.897 bits per heavy atom. The number of carbonyl (C=O) groups is 2. The third-order valence-electron chi connectivity index (χ3n) is 6.27. The average Bonchev–Trinajstić information content (AvgIpc) is 3.40. The highest BCUT2D eigenvalue weighted by atomic mass is 16.2. The van der Waals surface area contributed by atoms with E-state index in [0.717, 1.165) is 16.8 Å². The Labute approximate surface area is 170 Å². The second-order valence-corrected chi connectivity index (χ2v) is 7.75. The van der Waals surface area contributed by atoms with Gasteiger partial charge in [-0.2, -0.15) is 0 Å². The van der Waals surface area contributed by atoms with E-state index < -0.39 is 5.41 Å². The first-order chi connectivity index (χ1) is 14.2. The molecule has 0 N–H and O–H groups in total. The highest BCUT2D eigenvalue weighted by Crippen LogP contribution is 2.67. The lowest BCUT2D eigenvalue weighted by Crippen LogP contribution is -2.31. The Bertz CT molecular complexity index is 1120. The number of nitrogens with zero attached hydrogens (tertiary/aromatic N) is 1. The number of carbonyl (C=O) groups excluding carboxylic acids is 2. The molecular formula is C26H21NO2. The smallest absolute Gasteiger partial charge is 0.238 e. The molecule has 3 heteroatoms. The van der Waals surface area contributed by atoms with Crippen molar-refractivity contribution in [1.29, 1.82) is 0 Å². The molecule has 29 heavy (non-hydrogen) atoms. The van der Waals surface area contributed by atoms with Crippen LogP contribution in [0.15, 0.2) is 91.0 Å². The van der Waals surface area contributed by atoms with E-state index in [1.54, 1.807) is 11.9 Å². The van der Waals surface area contributed by atoms with E-state index in [2.05, 4.69) is 6.08 Å². The largest absolute Gasteiger partial charge is 0.314 e. The van der Waals surface area contributed by atoms with Crippen molar-refractivity contribution in [2.75, 3.05) is 11.9 Å². The predicted octanol–water partition coefficient (Wildman–Crippen LogP) is 4.74. The molecule has 1 amide bonds. The molecule has 2 unspecified atom stereocenters. The van der Waals surface area contributed by atoms with Gasteiger partial charge in [0.05, 0.1) is 5.41 Å². The van der Waals surface area contributed by atoms with E-state index in [-0.39, 0.29) is 23.5 Å². The quantitative estimate of drug-likeness (QED) is 0.614. The standard InChI is InChI=1S/C26H21NO2/c1-27-22-15-9-8-14-20(22)26(25(27)29)21(17-16-18-10-4-2-5-11-18)23(26)24(28)19-12-6-3-7-13-19/h2-17,21,23H,1H3/b17-16+/t21?,23?,26-/m0/s1. The number of hydrogen-bond donors (Lipinski definition) is 0. The minimum Gasteiger partial charge on any atom is -0.314 e. The van der Waals surface area contributed by atoms with Gasteiger partial charge in [-0.15, -0.1) is 0 Å². The van der Waals surface area contributed by atoms with Gasteiger partial charge in [-0.25, -0.2) is 0 Å². The number of para-hydroxylation sites is 1. The summed E-state index contributed by atoms with van der Waals surface area (Å²) in [5, 5.41) is 0.